The Hall–Kier alpha value is -1.83. The zero-order valence-corrected chi connectivity index (χ0v) is 11.0. The largest absolute Gasteiger partial charge is 0.307 e. The van der Waals surface area contributed by atoms with Crippen molar-refractivity contribution in [3.05, 3.63) is 54.1 Å². The second-order valence-corrected chi connectivity index (χ2v) is 5.55. The minimum Gasteiger partial charge on any atom is -0.307 e. The van der Waals surface area contributed by atoms with Crippen LogP contribution in [-0.4, -0.2) is 18.4 Å². The molecule has 0 aliphatic carbocycles. The maximum atomic E-state index is 11.1. The Bertz CT molecular complexity index is 627. The summed E-state index contributed by atoms with van der Waals surface area (Å²) in [6, 6.07) is 6.44. The summed E-state index contributed by atoms with van der Waals surface area (Å²) in [6.07, 6.45) is 4.95. The van der Waals surface area contributed by atoms with Crippen LogP contribution in [0.4, 0.5) is 0 Å². The molecule has 0 unspecified atom stereocenters. The third-order valence-corrected chi connectivity index (χ3v) is 3.43. The molecular formula is C12H14N4O2S. The van der Waals surface area contributed by atoms with Gasteiger partial charge in [-0.1, -0.05) is 12.1 Å². The lowest BCUT2D eigenvalue weighted by molar-refractivity contribution is 0.597. The zero-order valence-electron chi connectivity index (χ0n) is 10.2. The molecule has 0 aliphatic rings. The highest BCUT2D eigenvalue weighted by atomic mass is 32.2. The molecule has 7 heteroatoms. The molecule has 0 atom stereocenters. The van der Waals surface area contributed by atoms with Crippen molar-refractivity contribution in [3.63, 3.8) is 0 Å². The molecule has 6 nitrogen and oxygen atoms in total. The summed E-state index contributed by atoms with van der Waals surface area (Å²) in [7, 11) is -3.62. The Labute approximate surface area is 111 Å². The first-order valence-corrected chi connectivity index (χ1v) is 7.18. The Morgan fingerprint density at radius 2 is 1.84 bits per heavy atom. The first-order valence-electron chi connectivity index (χ1n) is 5.63. The molecule has 0 spiro atoms. The molecule has 0 saturated carbocycles. The van der Waals surface area contributed by atoms with Crippen molar-refractivity contribution in [2.75, 3.05) is 0 Å². The van der Waals surface area contributed by atoms with Crippen molar-refractivity contribution in [1.82, 2.24) is 15.3 Å². The Balaban J connectivity index is 1.90. The second-order valence-electron chi connectivity index (χ2n) is 3.99. The predicted molar refractivity (Wildman–Crippen MR) is 70.4 cm³/mol. The zero-order chi connectivity index (χ0) is 13.7. The van der Waals surface area contributed by atoms with E-state index in [4.69, 9.17) is 5.14 Å². The molecule has 100 valence electrons. The summed E-state index contributed by atoms with van der Waals surface area (Å²) < 4.78 is 22.2. The summed E-state index contributed by atoms with van der Waals surface area (Å²) >= 11 is 0. The number of nitrogens with one attached hydrogen (secondary N) is 1. The van der Waals surface area contributed by atoms with Crippen molar-refractivity contribution >= 4 is 10.0 Å². The topological polar surface area (TPSA) is 98.0 Å². The second kappa shape index (κ2) is 5.87. The van der Waals surface area contributed by atoms with Gasteiger partial charge in [0, 0.05) is 31.7 Å². The molecule has 0 saturated heterocycles. The number of hydrogen-bond acceptors (Lipinski definition) is 5. The number of rotatable bonds is 5. The highest BCUT2D eigenvalue weighted by Gasteiger charge is 2.06. The quantitative estimate of drug-likeness (QED) is 0.825. The Morgan fingerprint density at radius 1 is 1.11 bits per heavy atom. The molecule has 1 aromatic carbocycles. The van der Waals surface area contributed by atoms with E-state index in [1.165, 1.54) is 12.1 Å². The van der Waals surface area contributed by atoms with E-state index >= 15 is 0 Å². The van der Waals surface area contributed by atoms with Gasteiger partial charge in [-0.05, 0) is 17.7 Å². The van der Waals surface area contributed by atoms with Crippen LogP contribution >= 0.6 is 0 Å². The number of nitrogens with two attached hydrogens (primary N) is 1. The highest BCUT2D eigenvalue weighted by Crippen LogP contribution is 2.08. The highest BCUT2D eigenvalue weighted by molar-refractivity contribution is 7.89. The van der Waals surface area contributed by atoms with Crippen LogP contribution in [0, 0.1) is 0 Å². The molecule has 19 heavy (non-hydrogen) atoms. The summed E-state index contributed by atoms with van der Waals surface area (Å²) in [6.45, 7) is 1.21. The van der Waals surface area contributed by atoms with E-state index in [-0.39, 0.29) is 4.90 Å². The van der Waals surface area contributed by atoms with Gasteiger partial charge in [0.2, 0.25) is 10.0 Å². The average Bonchev–Trinajstić information content (AvgIpc) is 2.39. The fourth-order valence-corrected chi connectivity index (χ4v) is 2.07. The fraction of sp³-hybridized carbons (Fsp3) is 0.167. The molecule has 2 aromatic rings. The van der Waals surface area contributed by atoms with Gasteiger partial charge in [-0.25, -0.2) is 13.6 Å². The van der Waals surface area contributed by atoms with Gasteiger partial charge in [-0.15, -0.1) is 0 Å². The van der Waals surface area contributed by atoms with E-state index < -0.39 is 10.0 Å². The summed E-state index contributed by atoms with van der Waals surface area (Å²) in [5.41, 5.74) is 1.82. The van der Waals surface area contributed by atoms with E-state index in [0.29, 0.717) is 13.1 Å². The van der Waals surface area contributed by atoms with Crippen LogP contribution in [0.2, 0.25) is 0 Å². The van der Waals surface area contributed by atoms with Crippen LogP contribution in [0.1, 0.15) is 11.3 Å². The van der Waals surface area contributed by atoms with Crippen LogP contribution in [0.5, 0.6) is 0 Å². The number of primary sulfonamides is 1. The minimum atomic E-state index is -3.62. The van der Waals surface area contributed by atoms with Gasteiger partial charge in [0.1, 0.15) is 0 Å². The van der Waals surface area contributed by atoms with Crippen molar-refractivity contribution in [2.45, 2.75) is 18.0 Å². The number of aromatic nitrogens is 2. The predicted octanol–water partition coefficient (Wildman–Crippen LogP) is 0.414. The molecule has 0 bridgehead atoms. The third-order valence-electron chi connectivity index (χ3n) is 2.50. The monoisotopic (exact) mass is 278 g/mol. The summed E-state index contributed by atoms with van der Waals surface area (Å²) in [4.78, 5) is 8.22. The molecule has 0 radical (unpaired) electrons. The average molecular weight is 278 g/mol. The van der Waals surface area contributed by atoms with Gasteiger partial charge >= 0.3 is 0 Å². The normalized spacial score (nSPS) is 11.4. The number of hydrogen-bond donors (Lipinski definition) is 2. The van der Waals surface area contributed by atoms with Crippen LogP contribution < -0.4 is 10.5 Å². The van der Waals surface area contributed by atoms with Crippen LogP contribution in [0.25, 0.3) is 0 Å². The lowest BCUT2D eigenvalue weighted by Gasteiger charge is -2.05. The van der Waals surface area contributed by atoms with Crippen molar-refractivity contribution < 1.29 is 8.42 Å². The lowest BCUT2D eigenvalue weighted by atomic mass is 10.2. The fourth-order valence-electron chi connectivity index (χ4n) is 1.55. The summed E-state index contributed by atoms with van der Waals surface area (Å²) in [5, 5.41) is 8.22. The van der Waals surface area contributed by atoms with E-state index in [1.807, 2.05) is 0 Å². The van der Waals surface area contributed by atoms with Gasteiger partial charge in [0.25, 0.3) is 0 Å². The van der Waals surface area contributed by atoms with Crippen molar-refractivity contribution in [3.8, 4) is 0 Å². The first-order chi connectivity index (χ1) is 9.05. The molecule has 1 aromatic heterocycles. The standard InChI is InChI=1S/C12H14N4O2S/c13-19(17,18)12-3-1-10(2-4-12)7-15-9-11-8-14-5-6-16-11/h1-6,8,15H,7,9H2,(H2,13,17,18). The number of benzene rings is 1. The summed E-state index contributed by atoms with van der Waals surface area (Å²) in [5.74, 6) is 0. The van der Waals surface area contributed by atoms with Gasteiger partial charge < -0.3 is 5.32 Å². The Morgan fingerprint density at radius 3 is 2.42 bits per heavy atom. The lowest BCUT2D eigenvalue weighted by Crippen LogP contribution is -2.15. The van der Waals surface area contributed by atoms with E-state index in [0.717, 1.165) is 11.3 Å². The van der Waals surface area contributed by atoms with Crippen LogP contribution in [0.15, 0.2) is 47.8 Å². The maximum Gasteiger partial charge on any atom is 0.238 e. The third kappa shape index (κ3) is 4.09. The molecule has 0 amide bonds. The SMILES string of the molecule is NS(=O)(=O)c1ccc(CNCc2cnccn2)cc1. The van der Waals surface area contributed by atoms with E-state index in [1.54, 1.807) is 30.7 Å². The van der Waals surface area contributed by atoms with Crippen molar-refractivity contribution in [1.29, 1.82) is 0 Å². The molecule has 0 aliphatic heterocycles. The van der Waals surface area contributed by atoms with E-state index in [2.05, 4.69) is 15.3 Å². The van der Waals surface area contributed by atoms with Gasteiger partial charge in [0.05, 0.1) is 10.6 Å². The number of nitrogens with zero attached hydrogens (tertiary/aromatic N) is 2. The molecule has 3 N–H and O–H groups in total. The molecular weight excluding hydrogens is 264 g/mol. The maximum absolute atomic E-state index is 11.1. The van der Waals surface area contributed by atoms with Crippen LogP contribution in [-0.2, 0) is 23.1 Å². The molecule has 2 rings (SSSR count). The molecule has 0 fully saturated rings. The van der Waals surface area contributed by atoms with Gasteiger partial charge in [-0.2, -0.15) is 0 Å². The molecule has 1 heterocycles. The Kier molecular flexibility index (Phi) is 4.20. The van der Waals surface area contributed by atoms with Gasteiger partial charge in [0.15, 0.2) is 0 Å². The minimum absolute atomic E-state index is 0.116. The first kappa shape index (κ1) is 13.6. The smallest absolute Gasteiger partial charge is 0.238 e. The van der Waals surface area contributed by atoms with Gasteiger partial charge in [-0.3, -0.25) is 9.97 Å². The van der Waals surface area contributed by atoms with E-state index in [9.17, 15) is 8.42 Å². The van der Waals surface area contributed by atoms with Crippen molar-refractivity contribution in [2.24, 2.45) is 5.14 Å². The number of sulfonamides is 1. The van der Waals surface area contributed by atoms with Crippen LogP contribution in [0.3, 0.4) is 0 Å².